The summed E-state index contributed by atoms with van der Waals surface area (Å²) in [6.45, 7) is 8.20. The molecule has 0 N–H and O–H groups in total. The molecule has 6 atom stereocenters. The predicted octanol–water partition coefficient (Wildman–Crippen LogP) is 4.92. The summed E-state index contributed by atoms with van der Waals surface area (Å²) < 4.78 is 11.9. The highest BCUT2D eigenvalue weighted by atomic mass is 79.9. The van der Waals surface area contributed by atoms with Gasteiger partial charge in [0.1, 0.15) is 6.10 Å². The summed E-state index contributed by atoms with van der Waals surface area (Å²) in [6.07, 6.45) is 3.71. The molecular formula is C22H25BrO4. The molecule has 1 aliphatic heterocycles. The molecule has 1 aromatic carbocycles. The second kappa shape index (κ2) is 6.77. The van der Waals surface area contributed by atoms with Crippen LogP contribution in [0.3, 0.4) is 0 Å². The monoisotopic (exact) mass is 432 g/mol. The quantitative estimate of drug-likeness (QED) is 0.489. The molecular weight excluding hydrogens is 408 g/mol. The highest BCUT2D eigenvalue weighted by molar-refractivity contribution is 9.10. The Morgan fingerprint density at radius 2 is 2.19 bits per heavy atom. The van der Waals surface area contributed by atoms with Crippen LogP contribution in [-0.4, -0.2) is 24.1 Å². The standard InChI is InChI=1S/C22H25BrO4/c1-12(26-21(25)14-6-4-5-7-18(14)23)8-9-16-17-10-15-13(2)20(24)27-19(15)11-22(16,17)3/h4-7,12,15-17,19H,2,8-11H2,1,3H3/t12?,15-,16?,17+,19-,22-/m1/s1. The van der Waals surface area contributed by atoms with Crippen molar-refractivity contribution in [1.82, 2.24) is 0 Å². The highest BCUT2D eigenvalue weighted by Crippen LogP contribution is 2.70. The summed E-state index contributed by atoms with van der Waals surface area (Å²) in [4.78, 5) is 24.1. The Hall–Kier alpha value is -1.62. The Kier molecular flexibility index (Phi) is 4.69. The zero-order valence-electron chi connectivity index (χ0n) is 15.7. The van der Waals surface area contributed by atoms with Gasteiger partial charge in [0.05, 0.1) is 11.7 Å². The zero-order chi connectivity index (χ0) is 19.3. The van der Waals surface area contributed by atoms with E-state index in [-0.39, 0.29) is 35.5 Å². The van der Waals surface area contributed by atoms with Gasteiger partial charge in [-0.25, -0.2) is 9.59 Å². The molecule has 4 nitrogen and oxygen atoms in total. The lowest BCUT2D eigenvalue weighted by Crippen LogP contribution is -2.26. The highest BCUT2D eigenvalue weighted by Gasteiger charge is 2.66. The van der Waals surface area contributed by atoms with E-state index in [1.807, 2.05) is 25.1 Å². The number of carbonyl (C=O) groups is 2. The first kappa shape index (κ1) is 18.7. The summed E-state index contributed by atoms with van der Waals surface area (Å²) in [7, 11) is 0. The minimum Gasteiger partial charge on any atom is -0.459 e. The second-order valence-corrected chi connectivity index (χ2v) is 9.36. The Bertz CT molecular complexity index is 803. The zero-order valence-corrected chi connectivity index (χ0v) is 17.3. The Morgan fingerprint density at radius 3 is 2.93 bits per heavy atom. The fraction of sp³-hybridized carbons (Fsp3) is 0.545. The molecule has 0 spiro atoms. The van der Waals surface area contributed by atoms with Crippen LogP contribution in [0.1, 0.15) is 49.9 Å². The van der Waals surface area contributed by atoms with Crippen LogP contribution in [0.5, 0.6) is 0 Å². The van der Waals surface area contributed by atoms with Crippen molar-refractivity contribution in [3.8, 4) is 0 Å². The van der Waals surface area contributed by atoms with Crippen LogP contribution in [0.15, 0.2) is 40.9 Å². The van der Waals surface area contributed by atoms with Crippen molar-refractivity contribution in [3.05, 3.63) is 46.5 Å². The lowest BCUT2D eigenvalue weighted by atomic mass is 9.79. The lowest BCUT2D eigenvalue weighted by molar-refractivity contribution is -0.140. The molecule has 27 heavy (non-hydrogen) atoms. The Balaban J connectivity index is 1.30. The number of carbonyl (C=O) groups excluding carboxylic acids is 2. The van der Waals surface area contributed by atoms with E-state index in [9.17, 15) is 9.59 Å². The smallest absolute Gasteiger partial charge is 0.339 e. The van der Waals surface area contributed by atoms with E-state index in [4.69, 9.17) is 9.47 Å². The molecule has 144 valence electrons. The molecule has 0 amide bonds. The minimum atomic E-state index is -0.285. The van der Waals surface area contributed by atoms with Crippen molar-refractivity contribution in [2.24, 2.45) is 23.2 Å². The average Bonchev–Trinajstić information content (AvgIpc) is 3.10. The lowest BCUT2D eigenvalue weighted by Gasteiger charge is -2.27. The fourth-order valence-corrected chi connectivity index (χ4v) is 5.68. The number of benzene rings is 1. The van der Waals surface area contributed by atoms with Crippen LogP contribution in [-0.2, 0) is 14.3 Å². The number of hydrogen-bond donors (Lipinski definition) is 0. The predicted molar refractivity (Wildman–Crippen MR) is 105 cm³/mol. The molecule has 2 saturated carbocycles. The van der Waals surface area contributed by atoms with Crippen LogP contribution in [0.25, 0.3) is 0 Å². The summed E-state index contributed by atoms with van der Waals surface area (Å²) in [6, 6.07) is 7.32. The molecule has 0 bridgehead atoms. The molecule has 3 fully saturated rings. The minimum absolute atomic E-state index is 0.0157. The van der Waals surface area contributed by atoms with Gasteiger partial charge >= 0.3 is 11.9 Å². The van der Waals surface area contributed by atoms with Gasteiger partial charge in [0.15, 0.2) is 0 Å². The van der Waals surface area contributed by atoms with Crippen molar-refractivity contribution < 1.29 is 19.1 Å². The molecule has 1 aromatic rings. The van der Waals surface area contributed by atoms with E-state index in [1.165, 1.54) is 0 Å². The molecule has 1 saturated heterocycles. The number of ether oxygens (including phenoxy) is 2. The van der Waals surface area contributed by atoms with Gasteiger partial charge in [0.25, 0.3) is 0 Å². The van der Waals surface area contributed by atoms with E-state index in [0.717, 1.165) is 30.2 Å². The van der Waals surface area contributed by atoms with Gasteiger partial charge in [-0.05, 0) is 77.9 Å². The summed E-state index contributed by atoms with van der Waals surface area (Å²) >= 11 is 3.40. The molecule has 5 heteroatoms. The van der Waals surface area contributed by atoms with Crippen LogP contribution in [0, 0.1) is 23.2 Å². The van der Waals surface area contributed by atoms with Gasteiger partial charge < -0.3 is 9.47 Å². The van der Waals surface area contributed by atoms with E-state index < -0.39 is 0 Å². The maximum atomic E-state index is 12.3. The molecule has 0 aromatic heterocycles. The maximum absolute atomic E-state index is 12.3. The average molecular weight is 433 g/mol. The van der Waals surface area contributed by atoms with Gasteiger partial charge in [-0.15, -0.1) is 0 Å². The number of esters is 2. The van der Waals surface area contributed by atoms with E-state index in [1.54, 1.807) is 6.07 Å². The Morgan fingerprint density at radius 1 is 1.44 bits per heavy atom. The fourth-order valence-electron chi connectivity index (χ4n) is 5.23. The molecule has 0 radical (unpaired) electrons. The van der Waals surface area contributed by atoms with Gasteiger partial charge in [-0.2, -0.15) is 0 Å². The van der Waals surface area contributed by atoms with Crippen molar-refractivity contribution in [3.63, 3.8) is 0 Å². The summed E-state index contributed by atoms with van der Waals surface area (Å²) in [5, 5.41) is 0. The number of fused-ring (bicyclic) bond motifs is 2. The van der Waals surface area contributed by atoms with Gasteiger partial charge in [0.2, 0.25) is 0 Å². The van der Waals surface area contributed by atoms with E-state index in [0.29, 0.717) is 23.0 Å². The first-order valence-electron chi connectivity index (χ1n) is 9.66. The first-order chi connectivity index (χ1) is 12.8. The molecule has 2 aliphatic carbocycles. The number of hydrogen-bond acceptors (Lipinski definition) is 4. The van der Waals surface area contributed by atoms with Crippen LogP contribution < -0.4 is 0 Å². The largest absolute Gasteiger partial charge is 0.459 e. The maximum Gasteiger partial charge on any atom is 0.339 e. The SMILES string of the molecule is C=C1C(=O)O[C@@H]2C[C@]3(C)C(CCC(C)OC(=O)c4ccccc4Br)[C@@H]3C[C@H]12. The van der Waals surface area contributed by atoms with E-state index in [2.05, 4.69) is 29.4 Å². The third kappa shape index (κ3) is 3.24. The first-order valence-corrected chi connectivity index (χ1v) is 10.5. The van der Waals surface area contributed by atoms with E-state index >= 15 is 0 Å². The second-order valence-electron chi connectivity index (χ2n) is 8.51. The third-order valence-electron chi connectivity index (χ3n) is 6.92. The van der Waals surface area contributed by atoms with Crippen molar-refractivity contribution in [2.75, 3.05) is 0 Å². The summed E-state index contributed by atoms with van der Waals surface area (Å²) in [5.41, 5.74) is 1.46. The molecule has 1 heterocycles. The molecule has 3 aliphatic rings. The van der Waals surface area contributed by atoms with Crippen LogP contribution >= 0.6 is 15.9 Å². The molecule has 2 unspecified atom stereocenters. The third-order valence-corrected chi connectivity index (χ3v) is 7.61. The number of halogens is 1. The normalized spacial score (nSPS) is 35.1. The summed E-state index contributed by atoms with van der Waals surface area (Å²) in [5.74, 6) is 0.938. The number of rotatable bonds is 5. The molecule has 4 rings (SSSR count). The van der Waals surface area contributed by atoms with Crippen molar-refractivity contribution >= 4 is 27.9 Å². The Labute approximate surface area is 168 Å². The van der Waals surface area contributed by atoms with Gasteiger partial charge in [-0.1, -0.05) is 25.6 Å². The van der Waals surface area contributed by atoms with Crippen LogP contribution in [0.2, 0.25) is 0 Å². The van der Waals surface area contributed by atoms with Crippen LogP contribution in [0.4, 0.5) is 0 Å². The topological polar surface area (TPSA) is 52.6 Å². The van der Waals surface area contributed by atoms with Gasteiger partial charge in [-0.3, -0.25) is 0 Å². The van der Waals surface area contributed by atoms with Gasteiger partial charge in [0, 0.05) is 16.0 Å². The van der Waals surface area contributed by atoms with Crippen molar-refractivity contribution in [2.45, 2.75) is 51.7 Å². The van der Waals surface area contributed by atoms with Crippen molar-refractivity contribution in [1.29, 1.82) is 0 Å².